The molecule has 0 unspecified atom stereocenters. The fraction of sp³-hybridized carbons (Fsp3) is 0.652. The monoisotopic (exact) mass is 399 g/mol. The number of fused-ring (bicyclic) bond motifs is 5. The highest BCUT2D eigenvalue weighted by Gasteiger charge is 2.65. The Bertz CT molecular complexity index is 855. The molecule has 6 nitrogen and oxygen atoms in total. The molecule has 1 N–H and O–H groups in total. The van der Waals surface area contributed by atoms with E-state index in [4.69, 9.17) is 14.3 Å². The summed E-state index contributed by atoms with van der Waals surface area (Å²) in [5.74, 6) is 0.980. The fourth-order valence-electron chi connectivity index (χ4n) is 6.92. The van der Waals surface area contributed by atoms with E-state index in [1.54, 1.807) is 6.41 Å². The number of allylic oxidation sites excluding steroid dienone is 2. The van der Waals surface area contributed by atoms with Gasteiger partial charge < -0.3 is 15.0 Å². The second-order valence-corrected chi connectivity index (χ2v) is 9.50. The molecule has 1 aliphatic heterocycles. The Kier molecular flexibility index (Phi) is 4.88. The van der Waals surface area contributed by atoms with Gasteiger partial charge in [-0.25, -0.2) is 4.42 Å². The number of carbonyl (C=O) groups is 2. The van der Waals surface area contributed by atoms with E-state index in [-0.39, 0.29) is 22.5 Å². The summed E-state index contributed by atoms with van der Waals surface area (Å²) in [4.78, 5) is 24.7. The van der Waals surface area contributed by atoms with Crippen molar-refractivity contribution < 1.29 is 24.2 Å². The average molecular weight is 399 g/mol. The Labute approximate surface area is 171 Å². The van der Waals surface area contributed by atoms with Crippen molar-refractivity contribution >= 4 is 24.4 Å². The first-order valence-corrected chi connectivity index (χ1v) is 10.5. The maximum atomic E-state index is 12.0. The lowest BCUT2D eigenvalue weighted by Crippen LogP contribution is -2.63. The number of hydrogen-bond donors (Lipinski definition) is 1. The van der Waals surface area contributed by atoms with Crippen molar-refractivity contribution in [2.24, 2.45) is 27.7 Å². The zero-order valence-electron chi connectivity index (χ0n) is 17.1. The molecule has 5 rings (SSSR count). The van der Waals surface area contributed by atoms with Gasteiger partial charge in [0.25, 0.3) is 0 Å². The molecule has 0 aromatic carbocycles. The Morgan fingerprint density at radius 2 is 2.00 bits per heavy atom. The normalized spacial score (nSPS) is 42.4. The zero-order valence-corrected chi connectivity index (χ0v) is 17.1. The molecule has 0 amide bonds. The second-order valence-electron chi connectivity index (χ2n) is 9.50. The van der Waals surface area contributed by atoms with Crippen LogP contribution in [-0.4, -0.2) is 41.7 Å². The van der Waals surface area contributed by atoms with Crippen LogP contribution in [0.15, 0.2) is 28.3 Å². The summed E-state index contributed by atoms with van der Waals surface area (Å²) in [5.41, 5.74) is 2.78. The maximum Gasteiger partial charge on any atom is 0.408 e. The van der Waals surface area contributed by atoms with Crippen LogP contribution in [0.4, 0.5) is 0 Å². The second kappa shape index (κ2) is 7.01. The summed E-state index contributed by atoms with van der Waals surface area (Å²) in [6.45, 7) is 4.66. The Balaban J connectivity index is 0.000000645. The third-order valence-electron chi connectivity index (χ3n) is 8.54. The Hall–Kier alpha value is -2.08. The van der Waals surface area contributed by atoms with Gasteiger partial charge >= 0.3 is 13.0 Å². The molecule has 0 bridgehead atoms. The van der Waals surface area contributed by atoms with Crippen LogP contribution in [0.1, 0.15) is 58.8 Å². The highest BCUT2D eigenvalue weighted by atomic mass is 16.4. The van der Waals surface area contributed by atoms with Crippen LogP contribution in [0.3, 0.4) is 0 Å². The van der Waals surface area contributed by atoms with Gasteiger partial charge in [0.15, 0.2) is 5.78 Å². The number of hydrogen-bond acceptors (Lipinski definition) is 5. The first-order valence-electron chi connectivity index (χ1n) is 10.5. The molecule has 0 spiro atoms. The van der Waals surface area contributed by atoms with Gasteiger partial charge in [-0.2, -0.15) is 4.99 Å². The van der Waals surface area contributed by atoms with Crippen molar-refractivity contribution in [3.63, 3.8) is 0 Å². The van der Waals surface area contributed by atoms with Crippen LogP contribution in [0.2, 0.25) is 0 Å². The quantitative estimate of drug-likeness (QED) is 0.535. The van der Waals surface area contributed by atoms with E-state index in [1.165, 1.54) is 11.1 Å². The summed E-state index contributed by atoms with van der Waals surface area (Å²) in [7, 11) is 0. The third kappa shape index (κ3) is 2.79. The number of aliphatic imine (C=N–C) groups is 1. The van der Waals surface area contributed by atoms with Crippen LogP contribution in [0.5, 0.6) is 0 Å². The molecule has 0 radical (unpaired) electrons. The van der Waals surface area contributed by atoms with E-state index in [0.717, 1.165) is 44.2 Å². The lowest BCUT2D eigenvalue weighted by atomic mass is 9.44. The third-order valence-corrected chi connectivity index (χ3v) is 8.54. The molecule has 2 saturated carbocycles. The van der Waals surface area contributed by atoms with E-state index in [0.29, 0.717) is 18.9 Å². The number of ketones is 1. The zero-order chi connectivity index (χ0) is 20.9. The van der Waals surface area contributed by atoms with E-state index >= 15 is 0 Å². The topological polar surface area (TPSA) is 101 Å². The number of rotatable bonds is 1. The van der Waals surface area contributed by atoms with Crippen LogP contribution in [-0.2, 0) is 14.0 Å². The molecular formula is C23H29NO5. The van der Waals surface area contributed by atoms with Gasteiger partial charge in [-0.15, -0.1) is 0 Å². The minimum Gasteiger partial charge on any atom is -0.554 e. The lowest BCUT2D eigenvalue weighted by Gasteiger charge is -2.62. The molecular weight excluding hydrogens is 370 g/mol. The fourth-order valence-corrected chi connectivity index (χ4v) is 6.92. The van der Waals surface area contributed by atoms with Crippen LogP contribution in [0, 0.1) is 22.7 Å². The molecule has 1 heterocycles. The van der Waals surface area contributed by atoms with Crippen molar-refractivity contribution in [1.29, 1.82) is 0 Å². The smallest absolute Gasteiger partial charge is 0.408 e. The molecule has 0 saturated heterocycles. The highest BCUT2D eigenvalue weighted by Crippen LogP contribution is 2.67. The lowest BCUT2D eigenvalue weighted by molar-refractivity contribution is -0.429. The molecule has 2 fully saturated rings. The van der Waals surface area contributed by atoms with Gasteiger partial charge in [-0.3, -0.25) is 4.79 Å². The van der Waals surface area contributed by atoms with E-state index in [2.05, 4.69) is 24.9 Å². The molecule has 156 valence electrons. The summed E-state index contributed by atoms with van der Waals surface area (Å²) < 4.78 is 5.36. The number of nitrogens with zero attached hydrogens (tertiary/aromatic N) is 1. The van der Waals surface area contributed by atoms with E-state index < -0.39 is 12.1 Å². The number of carbonyl (C=O) groups excluding carboxylic acids is 3. The van der Waals surface area contributed by atoms with Crippen LogP contribution >= 0.6 is 0 Å². The summed E-state index contributed by atoms with van der Waals surface area (Å²) in [6.07, 6.45) is 11.9. The number of carboxylic acid groups (broad SMARTS) is 1. The van der Waals surface area contributed by atoms with Gasteiger partial charge in [0, 0.05) is 18.3 Å². The van der Waals surface area contributed by atoms with Crippen molar-refractivity contribution in [2.45, 2.75) is 64.4 Å². The van der Waals surface area contributed by atoms with Crippen molar-refractivity contribution in [3.05, 3.63) is 23.3 Å². The standard InChI is InChI=1S/C22H28NO3.CH2O2/c1-20-9-10-22(25)17(4-3-14-11-15(24)7-8-21(14,22)2)16(20)5-6-18(20)19-12-26-13-23-19;2-1-3/h6,11,13,16-17,25H,3-5,7-10,12H2,1-2H3;1H,(H,2,3)/q+1;/p-1/t16-,17-,20-,21-,22+;/m0./s1. The maximum absolute atomic E-state index is 12.0. The first kappa shape index (κ1) is 20.2. The van der Waals surface area contributed by atoms with Crippen LogP contribution in [0.25, 0.3) is 0 Å². The number of amides is 1. The Morgan fingerprint density at radius 1 is 1.24 bits per heavy atom. The van der Waals surface area contributed by atoms with Gasteiger partial charge in [0.2, 0.25) is 0 Å². The van der Waals surface area contributed by atoms with Gasteiger partial charge in [-0.1, -0.05) is 25.5 Å². The van der Waals surface area contributed by atoms with Crippen molar-refractivity contribution in [1.82, 2.24) is 0 Å². The molecule has 0 aromatic heterocycles. The summed E-state index contributed by atoms with van der Waals surface area (Å²) >= 11 is 0. The number of aliphatic hydroxyl groups is 1. The summed E-state index contributed by atoms with van der Waals surface area (Å²) in [6, 6.07) is 0. The van der Waals surface area contributed by atoms with Gasteiger partial charge in [-0.05, 0) is 67.4 Å². The molecule has 6 heteroatoms. The van der Waals surface area contributed by atoms with Crippen LogP contribution < -0.4 is 5.11 Å². The summed E-state index contributed by atoms with van der Waals surface area (Å²) in [5, 5.41) is 20.3. The Morgan fingerprint density at radius 3 is 2.69 bits per heavy atom. The van der Waals surface area contributed by atoms with Gasteiger partial charge in [0.1, 0.15) is 5.71 Å². The predicted octanol–water partition coefficient (Wildman–Crippen LogP) is 1.68. The van der Waals surface area contributed by atoms with E-state index in [1.807, 2.05) is 6.08 Å². The average Bonchev–Trinajstić information content (AvgIpc) is 3.31. The highest BCUT2D eigenvalue weighted by molar-refractivity contribution is 6.06. The molecule has 29 heavy (non-hydrogen) atoms. The minimum absolute atomic E-state index is 0.0827. The van der Waals surface area contributed by atoms with Crippen molar-refractivity contribution in [3.8, 4) is 0 Å². The molecule has 5 aliphatic rings. The molecule has 4 aliphatic carbocycles. The minimum atomic E-state index is -0.689. The van der Waals surface area contributed by atoms with Crippen molar-refractivity contribution in [2.75, 3.05) is 6.61 Å². The predicted molar refractivity (Wildman–Crippen MR) is 106 cm³/mol. The van der Waals surface area contributed by atoms with Gasteiger partial charge in [0.05, 0.1) is 5.60 Å². The SMILES string of the molecule is C[C@]12CCC(=O)C=C1CC[C@H]1[C@@H]3CC=C(C4=NC=[O+]C4)[C@@]3(C)CC[C@@]12O.O=C[O-]. The molecule has 0 aromatic rings. The molecule has 5 atom stereocenters. The van der Waals surface area contributed by atoms with E-state index in [9.17, 15) is 9.90 Å². The first-order chi connectivity index (χ1) is 13.8. The largest absolute Gasteiger partial charge is 0.554 e.